The molecule has 4 nitrogen and oxygen atoms in total. The van der Waals surface area contributed by atoms with E-state index in [2.05, 4.69) is 0 Å². The minimum atomic E-state index is -1.13. The fourth-order valence-electron chi connectivity index (χ4n) is 1.70. The van der Waals surface area contributed by atoms with E-state index in [4.69, 9.17) is 14.7 Å². The van der Waals surface area contributed by atoms with Crippen LogP contribution in [0.5, 0.6) is 0 Å². The second-order valence-corrected chi connectivity index (χ2v) is 2.90. The first-order chi connectivity index (χ1) is 5.28. The minimum Gasteiger partial charge on any atom is -0.390 e. The molecule has 0 unspecified atom stereocenters. The average molecular weight is 155 g/mol. The molecule has 2 aliphatic heterocycles. The highest BCUT2D eigenvalue weighted by atomic mass is 16.7. The molecule has 0 spiro atoms. The van der Waals surface area contributed by atoms with Gasteiger partial charge in [0.25, 0.3) is 5.79 Å². The van der Waals surface area contributed by atoms with Crippen LogP contribution in [-0.4, -0.2) is 30.2 Å². The number of fused-ring (bicyclic) bond motifs is 1. The lowest BCUT2D eigenvalue weighted by atomic mass is 9.96. The van der Waals surface area contributed by atoms with Crippen molar-refractivity contribution in [3.05, 3.63) is 0 Å². The summed E-state index contributed by atoms with van der Waals surface area (Å²) in [5.74, 6) is -1.27. The maximum atomic E-state index is 9.34. The molecule has 2 rings (SSSR count). The number of rotatable bonds is 0. The van der Waals surface area contributed by atoms with E-state index in [1.165, 1.54) is 0 Å². The Morgan fingerprint density at radius 1 is 1.55 bits per heavy atom. The van der Waals surface area contributed by atoms with Crippen molar-refractivity contribution in [2.75, 3.05) is 13.2 Å². The van der Waals surface area contributed by atoms with Crippen LogP contribution in [0.2, 0.25) is 0 Å². The minimum absolute atomic E-state index is 0.146. The molecule has 3 atom stereocenters. The number of ether oxygens (including phenoxy) is 2. The highest BCUT2D eigenvalue weighted by molar-refractivity contribution is 5.07. The predicted molar refractivity (Wildman–Crippen MR) is 34.4 cm³/mol. The van der Waals surface area contributed by atoms with Crippen molar-refractivity contribution in [3.8, 4) is 6.07 Å². The Morgan fingerprint density at radius 3 is 3.00 bits per heavy atom. The monoisotopic (exact) mass is 155 g/mol. The van der Waals surface area contributed by atoms with E-state index < -0.39 is 11.9 Å². The summed E-state index contributed by atoms with van der Waals surface area (Å²) < 4.78 is 10.2. The highest BCUT2D eigenvalue weighted by Crippen LogP contribution is 2.40. The van der Waals surface area contributed by atoms with Gasteiger partial charge < -0.3 is 14.6 Å². The number of hydrogen-bond acceptors (Lipinski definition) is 4. The molecule has 0 saturated carbocycles. The zero-order valence-corrected chi connectivity index (χ0v) is 5.99. The van der Waals surface area contributed by atoms with E-state index in [1.807, 2.05) is 6.07 Å². The van der Waals surface area contributed by atoms with Crippen LogP contribution in [0.15, 0.2) is 0 Å². The first-order valence-corrected chi connectivity index (χ1v) is 3.66. The zero-order chi connectivity index (χ0) is 7.90. The molecule has 4 heteroatoms. The second-order valence-electron chi connectivity index (χ2n) is 2.90. The molecule has 0 aromatic carbocycles. The van der Waals surface area contributed by atoms with E-state index in [-0.39, 0.29) is 12.5 Å². The Bertz CT molecular complexity index is 212. The number of nitriles is 1. The van der Waals surface area contributed by atoms with E-state index in [1.54, 1.807) is 0 Å². The summed E-state index contributed by atoms with van der Waals surface area (Å²) in [5, 5.41) is 18.1. The number of hydrogen-bond donors (Lipinski definition) is 1. The van der Waals surface area contributed by atoms with Crippen molar-refractivity contribution in [3.63, 3.8) is 0 Å². The maximum absolute atomic E-state index is 9.34. The van der Waals surface area contributed by atoms with Crippen LogP contribution < -0.4 is 0 Å². The van der Waals surface area contributed by atoms with Crippen LogP contribution in [0.3, 0.4) is 0 Å². The van der Waals surface area contributed by atoms with E-state index in [0.29, 0.717) is 13.0 Å². The lowest BCUT2D eigenvalue weighted by Gasteiger charge is -2.17. The lowest BCUT2D eigenvalue weighted by molar-refractivity contribution is -0.152. The normalized spacial score (nSPS) is 48.7. The fourth-order valence-corrected chi connectivity index (χ4v) is 1.70. The number of aliphatic hydroxyl groups excluding tert-OH is 1. The lowest BCUT2D eigenvalue weighted by Crippen LogP contribution is -2.33. The molecule has 60 valence electrons. The summed E-state index contributed by atoms with van der Waals surface area (Å²) in [6, 6.07) is 1.97. The van der Waals surface area contributed by atoms with Gasteiger partial charge in [-0.2, -0.15) is 5.26 Å². The SMILES string of the molecule is N#C[C@]12OCC[C@H]1[C@@H](O)CO2. The molecular weight excluding hydrogens is 146 g/mol. The maximum Gasteiger partial charge on any atom is 0.265 e. The molecule has 2 aliphatic rings. The van der Waals surface area contributed by atoms with E-state index >= 15 is 0 Å². The van der Waals surface area contributed by atoms with Gasteiger partial charge in [0.15, 0.2) is 0 Å². The summed E-state index contributed by atoms with van der Waals surface area (Å²) in [4.78, 5) is 0. The van der Waals surface area contributed by atoms with Crippen molar-refractivity contribution in [2.45, 2.75) is 18.3 Å². The molecular formula is C7H9NO3. The molecule has 1 N–H and O–H groups in total. The van der Waals surface area contributed by atoms with Gasteiger partial charge in [-0.1, -0.05) is 0 Å². The molecule has 2 heterocycles. The predicted octanol–water partition coefficient (Wildman–Crippen LogP) is -0.366. The molecule has 0 radical (unpaired) electrons. The summed E-state index contributed by atoms with van der Waals surface area (Å²) in [7, 11) is 0. The van der Waals surface area contributed by atoms with E-state index in [0.717, 1.165) is 0 Å². The van der Waals surface area contributed by atoms with Gasteiger partial charge in [-0.25, -0.2) is 0 Å². The van der Waals surface area contributed by atoms with Gasteiger partial charge >= 0.3 is 0 Å². The largest absolute Gasteiger partial charge is 0.390 e. The van der Waals surface area contributed by atoms with Crippen molar-refractivity contribution in [1.82, 2.24) is 0 Å². The molecule has 11 heavy (non-hydrogen) atoms. The van der Waals surface area contributed by atoms with Gasteiger partial charge in [0.1, 0.15) is 6.07 Å². The fraction of sp³-hybridized carbons (Fsp3) is 0.857. The van der Waals surface area contributed by atoms with Crippen LogP contribution in [-0.2, 0) is 9.47 Å². The summed E-state index contributed by atoms with van der Waals surface area (Å²) in [5.41, 5.74) is 0. The summed E-state index contributed by atoms with van der Waals surface area (Å²) in [6.07, 6.45) is 0.187. The van der Waals surface area contributed by atoms with Gasteiger partial charge in [-0.15, -0.1) is 0 Å². The Balaban J connectivity index is 2.27. The third-order valence-electron chi connectivity index (χ3n) is 2.32. The van der Waals surface area contributed by atoms with Crippen LogP contribution in [0.25, 0.3) is 0 Å². The van der Waals surface area contributed by atoms with Gasteiger partial charge in [0.2, 0.25) is 0 Å². The Morgan fingerprint density at radius 2 is 2.36 bits per heavy atom. The Labute approximate surface area is 64.3 Å². The molecule has 0 amide bonds. The molecule has 0 bridgehead atoms. The van der Waals surface area contributed by atoms with Gasteiger partial charge in [0.05, 0.1) is 25.2 Å². The van der Waals surface area contributed by atoms with Gasteiger partial charge in [0, 0.05) is 0 Å². The molecule has 0 aromatic rings. The smallest absolute Gasteiger partial charge is 0.265 e. The highest BCUT2D eigenvalue weighted by Gasteiger charge is 2.54. The first-order valence-electron chi connectivity index (χ1n) is 3.66. The number of nitrogens with zero attached hydrogens (tertiary/aromatic N) is 1. The van der Waals surface area contributed by atoms with Crippen LogP contribution in [0.4, 0.5) is 0 Å². The van der Waals surface area contributed by atoms with Crippen molar-refractivity contribution < 1.29 is 14.6 Å². The number of aliphatic hydroxyl groups is 1. The molecule has 2 fully saturated rings. The van der Waals surface area contributed by atoms with Gasteiger partial charge in [-0.3, -0.25) is 0 Å². The van der Waals surface area contributed by atoms with Crippen molar-refractivity contribution >= 4 is 0 Å². The summed E-state index contributed by atoms with van der Waals surface area (Å²) >= 11 is 0. The first kappa shape index (κ1) is 7.04. The molecule has 2 saturated heterocycles. The van der Waals surface area contributed by atoms with Crippen LogP contribution >= 0.6 is 0 Å². The zero-order valence-electron chi connectivity index (χ0n) is 5.99. The topological polar surface area (TPSA) is 62.5 Å². The van der Waals surface area contributed by atoms with Crippen molar-refractivity contribution in [2.24, 2.45) is 5.92 Å². The van der Waals surface area contributed by atoms with Crippen molar-refractivity contribution in [1.29, 1.82) is 5.26 Å². The standard InChI is InChI=1S/C7H9NO3/c8-4-7-5(1-2-10-7)6(9)3-11-7/h5-6,9H,1-3H2/t5-,6-,7+/m0/s1. The Hall–Kier alpha value is -0.630. The third kappa shape index (κ3) is 0.791. The summed E-state index contributed by atoms with van der Waals surface area (Å²) in [6.45, 7) is 0.730. The average Bonchev–Trinajstić information content (AvgIpc) is 2.53. The quantitative estimate of drug-likeness (QED) is 0.518. The van der Waals surface area contributed by atoms with E-state index in [9.17, 15) is 5.11 Å². The molecule has 0 aliphatic carbocycles. The third-order valence-corrected chi connectivity index (χ3v) is 2.32. The Kier molecular flexibility index (Phi) is 1.39. The van der Waals surface area contributed by atoms with Gasteiger partial charge in [-0.05, 0) is 6.42 Å². The second kappa shape index (κ2) is 2.18. The van der Waals surface area contributed by atoms with Crippen LogP contribution in [0.1, 0.15) is 6.42 Å². The molecule has 0 aromatic heterocycles. The van der Waals surface area contributed by atoms with Crippen LogP contribution in [0, 0.1) is 17.2 Å².